The molecule has 10 rings (SSSR count). The molecule has 0 saturated carbocycles. The third-order valence-electron chi connectivity index (χ3n) is 11.6. The number of rotatable bonds is 15. The highest BCUT2D eigenvalue weighted by Gasteiger charge is 2.24. The molecule has 6 heterocycles. The molecule has 0 bridgehead atoms. The second-order valence-corrected chi connectivity index (χ2v) is 17.9. The van der Waals surface area contributed by atoms with Gasteiger partial charge in [-0.15, -0.1) is 22.7 Å². The minimum Gasteiger partial charge on any atom is -0.493 e. The van der Waals surface area contributed by atoms with Gasteiger partial charge in [-0.25, -0.2) is 0 Å². The maximum absolute atomic E-state index is 11.0. The second kappa shape index (κ2) is 17.6. The first kappa shape index (κ1) is 40.3. The van der Waals surface area contributed by atoms with Crippen molar-refractivity contribution in [3.8, 4) is 56.0 Å². The predicted octanol–water partition coefficient (Wildman–Crippen LogP) is 8.71. The van der Waals surface area contributed by atoms with Crippen LogP contribution in [0.15, 0.2) is 105 Å². The van der Waals surface area contributed by atoms with Crippen molar-refractivity contribution < 1.29 is 38.2 Å². The van der Waals surface area contributed by atoms with Crippen molar-refractivity contribution in [1.29, 1.82) is 0 Å². The van der Waals surface area contributed by atoms with Gasteiger partial charge in [0.1, 0.15) is 57.7 Å². The lowest BCUT2D eigenvalue weighted by atomic mass is 9.96. The van der Waals surface area contributed by atoms with Crippen molar-refractivity contribution in [1.82, 2.24) is 20.1 Å². The fraction of sp³-hybridized carbons (Fsp3) is 0.292. The molecule has 14 heteroatoms. The molecule has 0 unspecified atom stereocenters. The summed E-state index contributed by atoms with van der Waals surface area (Å²) in [6.07, 6.45) is 0.464. The number of aliphatic hydroxyl groups excluding tert-OH is 2. The van der Waals surface area contributed by atoms with Crippen LogP contribution in [-0.4, -0.2) is 96.1 Å². The lowest BCUT2D eigenvalue weighted by molar-refractivity contribution is 0.0637. The number of aromatic nitrogens is 2. The summed E-state index contributed by atoms with van der Waals surface area (Å²) >= 11 is 3.25. The van der Waals surface area contributed by atoms with Crippen LogP contribution >= 0.6 is 22.7 Å². The zero-order valence-electron chi connectivity index (χ0n) is 34.4. The zero-order valence-corrected chi connectivity index (χ0v) is 36.0. The minimum atomic E-state index is -0.666. The van der Waals surface area contributed by atoms with Crippen molar-refractivity contribution in [2.24, 2.45) is 0 Å². The van der Waals surface area contributed by atoms with Gasteiger partial charge in [-0.3, -0.25) is 9.80 Å². The molecule has 12 nitrogen and oxygen atoms in total. The van der Waals surface area contributed by atoms with Crippen LogP contribution in [0.25, 0.3) is 53.5 Å². The van der Waals surface area contributed by atoms with Gasteiger partial charge in [0.25, 0.3) is 0 Å². The highest BCUT2D eigenvalue weighted by atomic mass is 32.1. The number of ether oxygens (including phenoxy) is 4. The molecule has 2 atom stereocenters. The summed E-state index contributed by atoms with van der Waals surface area (Å²) in [4.78, 5) is 5.62. The van der Waals surface area contributed by atoms with Crippen molar-refractivity contribution in [3.63, 3.8) is 0 Å². The van der Waals surface area contributed by atoms with E-state index in [0.29, 0.717) is 30.3 Å². The van der Waals surface area contributed by atoms with E-state index in [0.717, 1.165) is 98.3 Å². The Morgan fingerprint density at radius 2 is 1.23 bits per heavy atom. The molecular formula is C48H46N4O8S2. The molecule has 0 radical (unpaired) electrons. The Bertz CT molecular complexity index is 2850. The average molecular weight is 871 g/mol. The van der Waals surface area contributed by atoms with E-state index in [1.54, 1.807) is 36.9 Å². The number of thiophene rings is 2. The maximum atomic E-state index is 11.0. The number of hydrogen-bond acceptors (Lipinski definition) is 14. The Morgan fingerprint density at radius 3 is 1.89 bits per heavy atom. The minimum absolute atomic E-state index is 0.164. The molecule has 4 aromatic carbocycles. The predicted molar refractivity (Wildman–Crippen MR) is 241 cm³/mol. The molecule has 2 N–H and O–H groups in total. The first-order chi connectivity index (χ1) is 30.4. The van der Waals surface area contributed by atoms with Gasteiger partial charge in [-0.05, 0) is 94.6 Å². The van der Waals surface area contributed by atoms with Crippen LogP contribution in [0.5, 0.6) is 23.0 Å². The number of aliphatic hydroxyl groups is 2. The molecular weight excluding hydrogens is 825 g/mol. The molecule has 0 saturated heterocycles. The van der Waals surface area contributed by atoms with E-state index in [9.17, 15) is 10.2 Å². The molecule has 318 valence electrons. The number of fused-ring (bicyclic) bond motifs is 4. The normalized spacial score (nSPS) is 15.4. The maximum Gasteiger partial charge on any atom is 0.178 e. The molecule has 62 heavy (non-hydrogen) atoms. The Balaban J connectivity index is 0.748. The lowest BCUT2D eigenvalue weighted by Gasteiger charge is -2.31. The van der Waals surface area contributed by atoms with Crippen LogP contribution in [0.4, 0.5) is 0 Å². The highest BCUT2D eigenvalue weighted by molar-refractivity contribution is 7.22. The lowest BCUT2D eigenvalue weighted by Crippen LogP contribution is -2.38. The molecule has 4 aromatic heterocycles. The van der Waals surface area contributed by atoms with Gasteiger partial charge in [-0.2, -0.15) is 0 Å². The quantitative estimate of drug-likeness (QED) is 0.102. The fourth-order valence-electron chi connectivity index (χ4n) is 8.51. The highest BCUT2D eigenvalue weighted by Crippen LogP contribution is 2.41. The summed E-state index contributed by atoms with van der Waals surface area (Å²) in [7, 11) is 3.30. The number of benzene rings is 4. The molecule has 0 spiro atoms. The summed E-state index contributed by atoms with van der Waals surface area (Å²) in [5.74, 6) is 2.79. The summed E-state index contributed by atoms with van der Waals surface area (Å²) < 4.78 is 36.4. The molecule has 0 amide bonds. The average Bonchev–Trinajstić information content (AvgIpc) is 4.11. The summed E-state index contributed by atoms with van der Waals surface area (Å²) in [5.41, 5.74) is 11.0. The standard InChI is InChI=1S/C48H46N4O8S2/c1-55-41-20-30-12-15-52(24-35(30)21-42(41)56-2)26-37(54)28-58-39-8-4-6-33(19-39)46-48-43(60-50-46)22-44(62-48)31-10-9-29-11-14-51(23-34(29)17-31)25-36(53)27-57-38-7-3-5-32(18-38)45-47-40(59-49-45)13-16-61-47/h3-10,13,16-22,36-37,53-54H,11-12,14-15,23-28H2,1-2H3/t36-,37-/m1/s1. The van der Waals surface area contributed by atoms with Crippen molar-refractivity contribution >= 4 is 43.2 Å². The van der Waals surface area contributed by atoms with Crippen molar-refractivity contribution in [2.75, 3.05) is 53.6 Å². The van der Waals surface area contributed by atoms with Gasteiger partial charge < -0.3 is 38.2 Å². The van der Waals surface area contributed by atoms with E-state index in [2.05, 4.69) is 50.4 Å². The SMILES string of the molecule is COc1cc2c(cc1OC)CN(C[C@@H](O)COc1cccc(-c3noc4cc(-c5ccc6c(c5)CN(C[C@@H](O)COc5cccc(-c7noc8ccsc78)c5)CC6)sc34)c1)CC2. The molecule has 0 aliphatic carbocycles. The largest absolute Gasteiger partial charge is 0.493 e. The van der Waals surface area contributed by atoms with Crippen molar-refractivity contribution in [3.05, 3.63) is 119 Å². The van der Waals surface area contributed by atoms with Crippen LogP contribution in [0.1, 0.15) is 22.3 Å². The molecule has 8 aromatic rings. The smallest absolute Gasteiger partial charge is 0.178 e. The third-order valence-corrected chi connectivity index (χ3v) is 13.7. The Morgan fingerprint density at radius 1 is 0.629 bits per heavy atom. The van der Waals surface area contributed by atoms with Gasteiger partial charge in [-0.1, -0.05) is 46.7 Å². The van der Waals surface area contributed by atoms with E-state index in [1.165, 1.54) is 22.3 Å². The Hall–Kier alpha value is -5.74. The van der Waals surface area contributed by atoms with E-state index in [-0.39, 0.29) is 13.2 Å². The number of nitrogens with zero attached hydrogens (tertiary/aromatic N) is 4. The fourth-order valence-corrected chi connectivity index (χ4v) is 10.4. The topological polar surface area (TPSA) is 136 Å². The van der Waals surface area contributed by atoms with Crippen LogP contribution in [0.2, 0.25) is 0 Å². The van der Waals surface area contributed by atoms with Gasteiger partial charge in [0.2, 0.25) is 0 Å². The van der Waals surface area contributed by atoms with Crippen LogP contribution in [-0.2, 0) is 25.9 Å². The number of β-amino-alcohol motifs (C(OH)–C–C–N with tert-alkyl or cyclic N) is 2. The van der Waals surface area contributed by atoms with Crippen LogP contribution < -0.4 is 18.9 Å². The van der Waals surface area contributed by atoms with Gasteiger partial charge in [0, 0.05) is 61.3 Å². The molecule has 2 aliphatic rings. The summed E-state index contributed by atoms with van der Waals surface area (Å²) in [6.45, 7) is 4.52. The van der Waals surface area contributed by atoms with Crippen molar-refractivity contribution in [2.45, 2.75) is 38.1 Å². The molecule has 0 fully saturated rings. The Kier molecular flexibility index (Phi) is 11.4. The van der Waals surface area contributed by atoms with E-state index >= 15 is 0 Å². The second-order valence-electron chi connectivity index (χ2n) is 15.9. The van der Waals surface area contributed by atoms with Gasteiger partial charge in [0.15, 0.2) is 22.7 Å². The van der Waals surface area contributed by atoms with Gasteiger partial charge in [0.05, 0.1) is 14.2 Å². The van der Waals surface area contributed by atoms with Crippen LogP contribution in [0.3, 0.4) is 0 Å². The third kappa shape index (κ3) is 8.41. The van der Waals surface area contributed by atoms with E-state index < -0.39 is 12.2 Å². The Labute approximate surface area is 366 Å². The van der Waals surface area contributed by atoms with Gasteiger partial charge >= 0.3 is 0 Å². The zero-order chi connectivity index (χ0) is 42.2. The first-order valence-electron chi connectivity index (χ1n) is 20.7. The summed E-state index contributed by atoms with van der Waals surface area (Å²) in [5, 5.41) is 32.7. The first-order valence-corrected chi connectivity index (χ1v) is 22.4. The van der Waals surface area contributed by atoms with Crippen LogP contribution in [0, 0.1) is 0 Å². The summed E-state index contributed by atoms with van der Waals surface area (Å²) in [6, 6.07) is 30.3. The van der Waals surface area contributed by atoms with E-state index in [1.807, 2.05) is 66.0 Å². The number of hydrogen-bond donors (Lipinski definition) is 2. The van der Waals surface area contributed by atoms with E-state index in [4.69, 9.17) is 28.0 Å². The number of methoxy groups -OCH3 is 2. The molecule has 2 aliphatic heterocycles. The monoisotopic (exact) mass is 870 g/mol.